The minimum absolute atomic E-state index is 0. The van der Waals surface area contributed by atoms with Crippen LogP contribution in [0.1, 0.15) is 16.8 Å². The van der Waals surface area contributed by atoms with Gasteiger partial charge < -0.3 is 10.6 Å². The fourth-order valence-electron chi connectivity index (χ4n) is 2.22. The third kappa shape index (κ3) is 6.22. The number of aromatic nitrogens is 2. The smallest absolute Gasteiger partial charge is 0.196 e. The molecule has 3 N–H and O–H groups in total. The zero-order valence-corrected chi connectivity index (χ0v) is 16.4. The van der Waals surface area contributed by atoms with Gasteiger partial charge in [0, 0.05) is 11.9 Å². The Balaban J connectivity index is 0.00000225. The van der Waals surface area contributed by atoms with Crippen molar-refractivity contribution in [3.8, 4) is 0 Å². The third-order valence-electron chi connectivity index (χ3n) is 3.58. The molecule has 0 spiro atoms. The molecule has 2 aromatic carbocycles. The highest BCUT2D eigenvalue weighted by atomic mass is 127. The van der Waals surface area contributed by atoms with E-state index >= 15 is 0 Å². The molecular weight excluding hydrogens is 425 g/mol. The van der Waals surface area contributed by atoms with Gasteiger partial charge in [-0.25, -0.2) is 4.99 Å². The van der Waals surface area contributed by atoms with Crippen LogP contribution in [0.25, 0.3) is 0 Å². The number of nitrogens with one attached hydrogen (secondary N) is 3. The van der Waals surface area contributed by atoms with E-state index < -0.39 is 0 Å². The van der Waals surface area contributed by atoms with E-state index in [-0.39, 0.29) is 24.0 Å². The summed E-state index contributed by atoms with van der Waals surface area (Å²) in [5.74, 6) is 0.733. The zero-order valence-electron chi connectivity index (χ0n) is 14.1. The second-order valence-electron chi connectivity index (χ2n) is 5.58. The van der Waals surface area contributed by atoms with Crippen molar-refractivity contribution in [2.75, 3.05) is 5.32 Å². The molecule has 0 aliphatic rings. The van der Waals surface area contributed by atoms with Crippen LogP contribution in [0.5, 0.6) is 0 Å². The molecule has 0 aliphatic carbocycles. The van der Waals surface area contributed by atoms with Crippen molar-refractivity contribution in [1.82, 2.24) is 15.5 Å². The van der Waals surface area contributed by atoms with Gasteiger partial charge in [-0.3, -0.25) is 5.10 Å². The van der Waals surface area contributed by atoms with Gasteiger partial charge in [0.2, 0.25) is 0 Å². The summed E-state index contributed by atoms with van der Waals surface area (Å²) in [6, 6.07) is 20.4. The lowest BCUT2D eigenvalue weighted by molar-refractivity contribution is 0.846. The molecule has 3 aromatic rings. The van der Waals surface area contributed by atoms with Crippen LogP contribution < -0.4 is 10.6 Å². The Bertz CT molecular complexity index is 767. The molecule has 0 saturated heterocycles. The predicted molar refractivity (Wildman–Crippen MR) is 113 cm³/mol. The number of H-pyrrole nitrogens is 1. The van der Waals surface area contributed by atoms with E-state index in [2.05, 4.69) is 57.0 Å². The van der Waals surface area contributed by atoms with Crippen LogP contribution in [0.2, 0.25) is 0 Å². The first-order chi connectivity index (χ1) is 11.8. The van der Waals surface area contributed by atoms with Gasteiger partial charge in [0.05, 0.1) is 18.8 Å². The monoisotopic (exact) mass is 447 g/mol. The van der Waals surface area contributed by atoms with E-state index in [1.54, 1.807) is 6.20 Å². The number of nitrogens with zero attached hydrogens (tertiary/aromatic N) is 2. The maximum atomic E-state index is 4.68. The molecule has 1 aromatic heterocycles. The van der Waals surface area contributed by atoms with Crippen molar-refractivity contribution in [1.29, 1.82) is 0 Å². The summed E-state index contributed by atoms with van der Waals surface area (Å²) in [6.45, 7) is 3.33. The van der Waals surface area contributed by atoms with Gasteiger partial charge in [0.15, 0.2) is 5.96 Å². The summed E-state index contributed by atoms with van der Waals surface area (Å²) >= 11 is 0. The van der Waals surface area contributed by atoms with Crippen LogP contribution in [-0.2, 0) is 13.1 Å². The lowest BCUT2D eigenvalue weighted by atomic mass is 10.1. The van der Waals surface area contributed by atoms with Gasteiger partial charge in [-0.1, -0.05) is 48.0 Å². The van der Waals surface area contributed by atoms with Crippen molar-refractivity contribution in [3.05, 3.63) is 83.7 Å². The molecule has 0 bridgehead atoms. The molecule has 130 valence electrons. The maximum absolute atomic E-state index is 4.68. The van der Waals surface area contributed by atoms with Crippen LogP contribution >= 0.6 is 24.0 Å². The van der Waals surface area contributed by atoms with E-state index in [0.29, 0.717) is 13.1 Å². The van der Waals surface area contributed by atoms with E-state index in [9.17, 15) is 0 Å². The number of hydrogen-bond acceptors (Lipinski definition) is 2. The predicted octanol–water partition coefficient (Wildman–Crippen LogP) is 4.09. The average molecular weight is 447 g/mol. The lowest BCUT2D eigenvalue weighted by Crippen LogP contribution is -2.30. The minimum Gasteiger partial charge on any atom is -0.350 e. The van der Waals surface area contributed by atoms with Crippen LogP contribution in [0.3, 0.4) is 0 Å². The Morgan fingerprint density at radius 2 is 1.80 bits per heavy atom. The fraction of sp³-hybridized carbons (Fsp3) is 0.158. The molecule has 0 saturated carbocycles. The van der Waals surface area contributed by atoms with Crippen molar-refractivity contribution in [2.45, 2.75) is 20.0 Å². The highest BCUT2D eigenvalue weighted by Crippen LogP contribution is 2.07. The van der Waals surface area contributed by atoms with Gasteiger partial charge >= 0.3 is 0 Å². The summed E-state index contributed by atoms with van der Waals surface area (Å²) in [7, 11) is 0. The van der Waals surface area contributed by atoms with Crippen molar-refractivity contribution in [3.63, 3.8) is 0 Å². The van der Waals surface area contributed by atoms with Gasteiger partial charge in [0.25, 0.3) is 0 Å². The molecule has 25 heavy (non-hydrogen) atoms. The van der Waals surface area contributed by atoms with E-state index in [0.717, 1.165) is 17.3 Å². The quantitative estimate of drug-likeness (QED) is 0.314. The molecule has 0 fully saturated rings. The summed E-state index contributed by atoms with van der Waals surface area (Å²) in [6.07, 6.45) is 1.74. The zero-order chi connectivity index (χ0) is 16.6. The van der Waals surface area contributed by atoms with E-state index in [1.807, 2.05) is 36.4 Å². The van der Waals surface area contributed by atoms with Crippen molar-refractivity contribution < 1.29 is 0 Å². The molecule has 6 heteroatoms. The number of para-hydroxylation sites is 1. The fourth-order valence-corrected chi connectivity index (χ4v) is 2.22. The standard InChI is InChI=1S/C19H21N5.HI/c1-15-7-9-16(10-8-15)13-20-19(21-14-18-11-12-22-24-18)23-17-5-3-2-4-6-17;/h2-12H,13-14H2,1H3,(H,22,24)(H2,20,21,23);1H. The summed E-state index contributed by atoms with van der Waals surface area (Å²) in [5.41, 5.74) is 4.43. The second-order valence-corrected chi connectivity index (χ2v) is 5.58. The maximum Gasteiger partial charge on any atom is 0.196 e. The third-order valence-corrected chi connectivity index (χ3v) is 3.58. The Labute approximate surface area is 165 Å². The summed E-state index contributed by atoms with van der Waals surface area (Å²) < 4.78 is 0. The largest absolute Gasteiger partial charge is 0.350 e. The van der Waals surface area contributed by atoms with E-state index in [1.165, 1.54) is 11.1 Å². The number of hydrogen-bond donors (Lipinski definition) is 3. The number of benzene rings is 2. The van der Waals surface area contributed by atoms with Crippen LogP contribution in [0.4, 0.5) is 5.69 Å². The molecule has 0 unspecified atom stereocenters. The highest BCUT2D eigenvalue weighted by Gasteiger charge is 2.01. The minimum atomic E-state index is 0. The first kappa shape index (κ1) is 19.0. The first-order valence-electron chi connectivity index (χ1n) is 7.94. The first-order valence-corrected chi connectivity index (χ1v) is 7.94. The van der Waals surface area contributed by atoms with Crippen molar-refractivity contribution in [2.24, 2.45) is 4.99 Å². The highest BCUT2D eigenvalue weighted by molar-refractivity contribution is 14.0. The average Bonchev–Trinajstić information content (AvgIpc) is 3.13. The molecule has 5 nitrogen and oxygen atoms in total. The number of aromatic amines is 1. The second kappa shape index (κ2) is 9.83. The number of anilines is 1. The Kier molecular flexibility index (Phi) is 7.46. The SMILES string of the molecule is Cc1ccc(CN=C(NCc2ccn[nH]2)Nc2ccccc2)cc1.I. The Morgan fingerprint density at radius 3 is 2.48 bits per heavy atom. The molecule has 3 rings (SSSR count). The van der Waals surface area contributed by atoms with E-state index in [4.69, 9.17) is 0 Å². The topological polar surface area (TPSA) is 65.1 Å². The van der Waals surface area contributed by atoms with Gasteiger partial charge in [-0.15, -0.1) is 24.0 Å². The van der Waals surface area contributed by atoms with Crippen LogP contribution in [0, 0.1) is 6.92 Å². The number of guanidine groups is 1. The Morgan fingerprint density at radius 1 is 1.04 bits per heavy atom. The summed E-state index contributed by atoms with van der Waals surface area (Å²) in [4.78, 5) is 4.68. The number of aryl methyl sites for hydroxylation is 1. The van der Waals surface area contributed by atoms with Crippen LogP contribution in [-0.4, -0.2) is 16.2 Å². The molecule has 0 radical (unpaired) electrons. The normalized spacial score (nSPS) is 10.8. The lowest BCUT2D eigenvalue weighted by Gasteiger charge is -2.12. The van der Waals surface area contributed by atoms with Crippen LogP contribution in [0.15, 0.2) is 71.9 Å². The number of halogens is 1. The van der Waals surface area contributed by atoms with Gasteiger partial charge in [-0.05, 0) is 30.7 Å². The molecule has 0 atom stereocenters. The molecule has 0 aliphatic heterocycles. The van der Waals surface area contributed by atoms with Gasteiger partial charge in [-0.2, -0.15) is 5.10 Å². The summed E-state index contributed by atoms with van der Waals surface area (Å²) in [5, 5.41) is 13.5. The molecular formula is C19H22IN5. The van der Waals surface area contributed by atoms with Crippen molar-refractivity contribution >= 4 is 35.6 Å². The molecule has 0 amide bonds. The Hall–Kier alpha value is -2.35. The molecule has 1 heterocycles. The number of aliphatic imine (C=N–C) groups is 1. The number of rotatable bonds is 5. The van der Waals surface area contributed by atoms with Gasteiger partial charge in [0.1, 0.15) is 0 Å².